The SMILES string of the molecule is O=C(NCCc1c[nH]c2ccc(Cl)cc12)c1n[nH]c2c1CCC2. The van der Waals surface area contributed by atoms with E-state index in [0.717, 1.165) is 58.4 Å². The third-order valence-corrected chi connectivity index (χ3v) is 4.67. The third-order valence-electron chi connectivity index (χ3n) is 4.43. The first-order valence-electron chi connectivity index (χ1n) is 7.82. The molecule has 0 fully saturated rings. The fourth-order valence-corrected chi connectivity index (χ4v) is 3.43. The maximum absolute atomic E-state index is 12.3. The van der Waals surface area contributed by atoms with Gasteiger partial charge < -0.3 is 10.3 Å². The highest BCUT2D eigenvalue weighted by Gasteiger charge is 2.22. The lowest BCUT2D eigenvalue weighted by molar-refractivity contribution is 0.0948. The number of benzene rings is 1. The Balaban J connectivity index is 1.43. The van der Waals surface area contributed by atoms with Crippen molar-refractivity contribution in [2.45, 2.75) is 25.7 Å². The summed E-state index contributed by atoms with van der Waals surface area (Å²) in [4.78, 5) is 15.5. The molecule has 0 radical (unpaired) electrons. The second kappa shape index (κ2) is 5.74. The molecule has 0 saturated heterocycles. The molecule has 1 aliphatic rings. The molecule has 0 atom stereocenters. The number of halogens is 1. The number of hydrogen-bond donors (Lipinski definition) is 3. The molecule has 2 aromatic heterocycles. The molecule has 1 amide bonds. The quantitative estimate of drug-likeness (QED) is 0.688. The van der Waals surface area contributed by atoms with Crippen molar-refractivity contribution in [2.24, 2.45) is 0 Å². The maximum Gasteiger partial charge on any atom is 0.272 e. The number of H-pyrrole nitrogens is 2. The average molecular weight is 329 g/mol. The van der Waals surface area contributed by atoms with Crippen molar-refractivity contribution in [3.63, 3.8) is 0 Å². The third kappa shape index (κ3) is 2.61. The number of aromatic nitrogens is 3. The molecule has 0 aliphatic heterocycles. The van der Waals surface area contributed by atoms with Gasteiger partial charge in [0.15, 0.2) is 5.69 Å². The van der Waals surface area contributed by atoms with Crippen molar-refractivity contribution >= 4 is 28.4 Å². The van der Waals surface area contributed by atoms with Crippen LogP contribution in [0.25, 0.3) is 10.9 Å². The number of nitrogens with zero attached hydrogens (tertiary/aromatic N) is 1. The van der Waals surface area contributed by atoms with Crippen molar-refractivity contribution in [1.82, 2.24) is 20.5 Å². The molecule has 4 rings (SSSR count). The lowest BCUT2D eigenvalue weighted by atomic mass is 10.1. The molecule has 3 aromatic rings. The Morgan fingerprint density at radius 2 is 2.26 bits per heavy atom. The van der Waals surface area contributed by atoms with Gasteiger partial charge in [-0.05, 0) is 49.4 Å². The molecule has 0 unspecified atom stereocenters. The van der Waals surface area contributed by atoms with E-state index < -0.39 is 0 Å². The van der Waals surface area contributed by atoms with Gasteiger partial charge in [0.05, 0.1) is 0 Å². The number of hydrogen-bond acceptors (Lipinski definition) is 2. The van der Waals surface area contributed by atoms with Gasteiger partial charge in [-0.15, -0.1) is 0 Å². The van der Waals surface area contributed by atoms with Crippen molar-refractivity contribution < 1.29 is 4.79 Å². The molecule has 1 aromatic carbocycles. The number of aromatic amines is 2. The van der Waals surface area contributed by atoms with Crippen molar-refractivity contribution in [2.75, 3.05) is 6.54 Å². The second-order valence-electron chi connectivity index (χ2n) is 5.89. The van der Waals surface area contributed by atoms with Gasteiger partial charge in [0.2, 0.25) is 0 Å². The van der Waals surface area contributed by atoms with E-state index in [2.05, 4.69) is 20.5 Å². The molecule has 1 aliphatic carbocycles. The Morgan fingerprint density at radius 1 is 1.35 bits per heavy atom. The van der Waals surface area contributed by atoms with Gasteiger partial charge in [-0.2, -0.15) is 5.10 Å². The summed E-state index contributed by atoms with van der Waals surface area (Å²) in [5.74, 6) is -0.0951. The van der Waals surface area contributed by atoms with E-state index >= 15 is 0 Å². The lowest BCUT2D eigenvalue weighted by Gasteiger charge is -2.04. The zero-order valence-corrected chi connectivity index (χ0v) is 13.3. The first-order valence-corrected chi connectivity index (χ1v) is 8.20. The first-order chi connectivity index (χ1) is 11.2. The molecular formula is C17H17ClN4O. The summed E-state index contributed by atoms with van der Waals surface area (Å²) >= 11 is 6.06. The average Bonchev–Trinajstić information content (AvgIpc) is 3.22. The Labute approximate surface area is 138 Å². The molecule has 23 heavy (non-hydrogen) atoms. The van der Waals surface area contributed by atoms with Gasteiger partial charge in [-0.25, -0.2) is 0 Å². The predicted octanol–water partition coefficient (Wildman–Crippen LogP) is 3.01. The summed E-state index contributed by atoms with van der Waals surface area (Å²) in [6.07, 6.45) is 5.75. The number of fused-ring (bicyclic) bond motifs is 2. The van der Waals surface area contributed by atoms with Crippen LogP contribution in [-0.2, 0) is 19.3 Å². The smallest absolute Gasteiger partial charge is 0.272 e. The van der Waals surface area contributed by atoms with Crippen LogP contribution >= 0.6 is 11.6 Å². The number of nitrogens with one attached hydrogen (secondary N) is 3. The summed E-state index contributed by atoms with van der Waals surface area (Å²) in [7, 11) is 0. The highest BCUT2D eigenvalue weighted by atomic mass is 35.5. The van der Waals surface area contributed by atoms with E-state index in [1.807, 2.05) is 24.4 Å². The Morgan fingerprint density at radius 3 is 3.17 bits per heavy atom. The van der Waals surface area contributed by atoms with Crippen LogP contribution in [0.1, 0.15) is 33.7 Å². The molecule has 118 valence electrons. The van der Waals surface area contributed by atoms with Crippen molar-refractivity contribution in [1.29, 1.82) is 0 Å². The summed E-state index contributed by atoms with van der Waals surface area (Å²) in [6.45, 7) is 0.569. The van der Waals surface area contributed by atoms with E-state index in [4.69, 9.17) is 11.6 Å². The van der Waals surface area contributed by atoms with Gasteiger partial charge in [-0.1, -0.05) is 11.6 Å². The van der Waals surface area contributed by atoms with Crippen molar-refractivity contribution in [3.8, 4) is 0 Å². The monoisotopic (exact) mass is 328 g/mol. The summed E-state index contributed by atoms with van der Waals surface area (Å²) in [6, 6.07) is 5.78. The second-order valence-corrected chi connectivity index (χ2v) is 6.33. The van der Waals surface area contributed by atoms with Crippen LogP contribution in [0.15, 0.2) is 24.4 Å². The number of carbonyl (C=O) groups is 1. The van der Waals surface area contributed by atoms with Crippen LogP contribution in [0.3, 0.4) is 0 Å². The predicted molar refractivity (Wildman–Crippen MR) is 90.0 cm³/mol. The number of amides is 1. The normalized spacial score (nSPS) is 13.4. The van der Waals surface area contributed by atoms with E-state index in [1.165, 1.54) is 0 Å². The zero-order chi connectivity index (χ0) is 15.8. The van der Waals surface area contributed by atoms with Crippen LogP contribution in [-0.4, -0.2) is 27.6 Å². The molecular weight excluding hydrogens is 312 g/mol. The number of carbonyl (C=O) groups excluding carboxylic acids is 1. The van der Waals surface area contributed by atoms with E-state index in [-0.39, 0.29) is 5.91 Å². The molecule has 0 bridgehead atoms. The minimum atomic E-state index is -0.0951. The molecule has 0 spiro atoms. The Kier molecular flexibility index (Phi) is 3.58. The highest BCUT2D eigenvalue weighted by molar-refractivity contribution is 6.31. The van der Waals surface area contributed by atoms with Gasteiger partial charge in [-0.3, -0.25) is 9.89 Å². The molecule has 3 N–H and O–H groups in total. The van der Waals surface area contributed by atoms with E-state index in [9.17, 15) is 4.79 Å². The van der Waals surface area contributed by atoms with Crippen LogP contribution in [0.5, 0.6) is 0 Å². The summed E-state index contributed by atoms with van der Waals surface area (Å²) in [5.41, 5.74) is 4.96. The molecule has 0 saturated carbocycles. The van der Waals surface area contributed by atoms with Crippen LogP contribution in [0.4, 0.5) is 0 Å². The Hall–Kier alpha value is -2.27. The molecule has 6 heteroatoms. The van der Waals surface area contributed by atoms with Gasteiger partial charge in [0, 0.05) is 39.9 Å². The molecule has 5 nitrogen and oxygen atoms in total. The van der Waals surface area contributed by atoms with Crippen LogP contribution < -0.4 is 5.32 Å². The van der Waals surface area contributed by atoms with Crippen LogP contribution in [0, 0.1) is 0 Å². The van der Waals surface area contributed by atoms with Crippen LogP contribution in [0.2, 0.25) is 5.02 Å². The Bertz CT molecular complexity index is 880. The highest BCUT2D eigenvalue weighted by Crippen LogP contribution is 2.23. The fourth-order valence-electron chi connectivity index (χ4n) is 3.26. The standard InChI is InChI=1S/C17H17ClN4O/c18-11-4-5-14-13(8-11)10(9-20-14)6-7-19-17(23)16-12-2-1-3-15(12)21-22-16/h4-5,8-9,20H,1-3,6-7H2,(H,19,23)(H,21,22). The topological polar surface area (TPSA) is 73.6 Å². The maximum atomic E-state index is 12.3. The van der Waals surface area contributed by atoms with Gasteiger partial charge >= 0.3 is 0 Å². The van der Waals surface area contributed by atoms with E-state index in [1.54, 1.807) is 0 Å². The largest absolute Gasteiger partial charge is 0.361 e. The number of aryl methyl sites for hydroxylation is 1. The minimum Gasteiger partial charge on any atom is -0.361 e. The number of rotatable bonds is 4. The van der Waals surface area contributed by atoms with Gasteiger partial charge in [0.1, 0.15) is 0 Å². The summed E-state index contributed by atoms with van der Waals surface area (Å²) < 4.78 is 0. The zero-order valence-electron chi connectivity index (χ0n) is 12.6. The van der Waals surface area contributed by atoms with Gasteiger partial charge in [0.25, 0.3) is 5.91 Å². The van der Waals surface area contributed by atoms with Crippen molar-refractivity contribution in [3.05, 3.63) is 51.9 Å². The fraction of sp³-hybridized carbons (Fsp3) is 0.294. The minimum absolute atomic E-state index is 0.0951. The van der Waals surface area contributed by atoms with E-state index in [0.29, 0.717) is 12.2 Å². The first kappa shape index (κ1) is 14.3. The lowest BCUT2D eigenvalue weighted by Crippen LogP contribution is -2.26. The molecule has 2 heterocycles. The summed E-state index contributed by atoms with van der Waals surface area (Å²) in [5, 5.41) is 11.9.